The van der Waals surface area contributed by atoms with E-state index in [9.17, 15) is 9.59 Å². The predicted molar refractivity (Wildman–Crippen MR) is 101 cm³/mol. The molecule has 0 atom stereocenters. The molecule has 0 saturated heterocycles. The van der Waals surface area contributed by atoms with Crippen molar-refractivity contribution < 1.29 is 38.0 Å². The van der Waals surface area contributed by atoms with Crippen LogP contribution < -0.4 is 0 Å². The first kappa shape index (κ1) is 24.0. The highest BCUT2D eigenvalue weighted by molar-refractivity contribution is 6.03. The normalized spacial score (nSPS) is 11.9. The second-order valence-electron chi connectivity index (χ2n) is 5.78. The molecule has 0 N–H and O–H groups in total. The summed E-state index contributed by atoms with van der Waals surface area (Å²) in [4.78, 5) is 25.4. The van der Waals surface area contributed by atoms with Gasteiger partial charge < -0.3 is 28.4 Å². The lowest BCUT2D eigenvalue weighted by molar-refractivity contribution is -0.342. The number of ether oxygens (including phenoxy) is 6. The van der Waals surface area contributed by atoms with Gasteiger partial charge in [0.15, 0.2) is 0 Å². The molecular formula is C20H30O8. The molecule has 8 nitrogen and oxygen atoms in total. The molecule has 0 saturated carbocycles. The van der Waals surface area contributed by atoms with Crippen LogP contribution in [0.4, 0.5) is 0 Å². The molecule has 0 aliphatic rings. The molecule has 0 unspecified atom stereocenters. The molecule has 0 aliphatic carbocycles. The summed E-state index contributed by atoms with van der Waals surface area (Å²) in [5.74, 6) is -4.70. The van der Waals surface area contributed by atoms with Crippen LogP contribution in [0.5, 0.6) is 0 Å². The summed E-state index contributed by atoms with van der Waals surface area (Å²) in [6.07, 6.45) is 0. The molecule has 0 fully saturated rings. The Labute approximate surface area is 166 Å². The minimum atomic E-state index is -1.57. The second kappa shape index (κ2) is 11.1. The fourth-order valence-electron chi connectivity index (χ4n) is 2.54. The molecule has 1 aromatic rings. The first-order valence-electron chi connectivity index (χ1n) is 9.35. The van der Waals surface area contributed by atoms with E-state index in [1.54, 1.807) is 39.8 Å². The summed E-state index contributed by atoms with van der Waals surface area (Å²) < 4.78 is 32.3. The van der Waals surface area contributed by atoms with E-state index in [2.05, 4.69) is 0 Å². The molecular weight excluding hydrogens is 368 g/mol. The Morgan fingerprint density at radius 2 is 0.964 bits per heavy atom. The van der Waals surface area contributed by atoms with Crippen LogP contribution >= 0.6 is 0 Å². The van der Waals surface area contributed by atoms with Gasteiger partial charge >= 0.3 is 23.9 Å². The Balaban J connectivity index is 3.08. The zero-order valence-corrected chi connectivity index (χ0v) is 17.4. The standard InChI is InChI=1S/C20H30O8/c1-7-23-19(5,24-8-2)27-17(21)15-13-11-12-14-16(15)18(22)28-20(6,25-9-3)26-10-4/h11-14H,7-10H2,1-6H3. The molecule has 1 aromatic carbocycles. The van der Waals surface area contributed by atoms with Crippen molar-refractivity contribution in [1.29, 1.82) is 0 Å². The van der Waals surface area contributed by atoms with Crippen molar-refractivity contribution in [3.05, 3.63) is 35.4 Å². The van der Waals surface area contributed by atoms with Crippen LogP contribution in [0.25, 0.3) is 0 Å². The molecule has 8 heteroatoms. The van der Waals surface area contributed by atoms with E-state index in [1.807, 2.05) is 0 Å². The number of hydrogen-bond acceptors (Lipinski definition) is 8. The monoisotopic (exact) mass is 398 g/mol. The van der Waals surface area contributed by atoms with Crippen molar-refractivity contribution in [2.24, 2.45) is 0 Å². The minimum Gasteiger partial charge on any atom is -0.404 e. The summed E-state index contributed by atoms with van der Waals surface area (Å²) in [5, 5.41) is 0. The number of carbonyl (C=O) groups is 2. The fraction of sp³-hybridized carbons (Fsp3) is 0.600. The van der Waals surface area contributed by atoms with E-state index in [4.69, 9.17) is 28.4 Å². The van der Waals surface area contributed by atoms with Gasteiger partial charge in [-0.25, -0.2) is 9.59 Å². The molecule has 0 bridgehead atoms. The van der Waals surface area contributed by atoms with Crippen LogP contribution in [0.2, 0.25) is 0 Å². The van der Waals surface area contributed by atoms with Crippen LogP contribution in [0.3, 0.4) is 0 Å². The van der Waals surface area contributed by atoms with Crippen LogP contribution in [-0.2, 0) is 28.4 Å². The van der Waals surface area contributed by atoms with Crippen LogP contribution in [0.15, 0.2) is 24.3 Å². The number of rotatable bonds is 12. The topological polar surface area (TPSA) is 89.5 Å². The van der Waals surface area contributed by atoms with Crippen molar-refractivity contribution in [2.45, 2.75) is 53.5 Å². The quantitative estimate of drug-likeness (QED) is 0.390. The van der Waals surface area contributed by atoms with Gasteiger partial charge in [-0.3, -0.25) is 0 Å². The van der Waals surface area contributed by atoms with Gasteiger partial charge in [-0.1, -0.05) is 12.1 Å². The van der Waals surface area contributed by atoms with Crippen molar-refractivity contribution in [3.63, 3.8) is 0 Å². The Bertz CT molecular complexity index is 576. The van der Waals surface area contributed by atoms with E-state index >= 15 is 0 Å². The molecule has 0 spiro atoms. The third kappa shape index (κ3) is 6.87. The smallest absolute Gasteiger partial charge is 0.343 e. The van der Waals surface area contributed by atoms with Gasteiger partial charge in [0.05, 0.1) is 37.6 Å². The van der Waals surface area contributed by atoms with Crippen molar-refractivity contribution in [2.75, 3.05) is 26.4 Å². The number of benzene rings is 1. The van der Waals surface area contributed by atoms with Gasteiger partial charge in [-0.2, -0.15) is 0 Å². The summed E-state index contributed by atoms with van der Waals surface area (Å²) in [5.41, 5.74) is 0.0157. The van der Waals surface area contributed by atoms with Gasteiger partial charge in [0.25, 0.3) is 0 Å². The molecule has 0 radical (unpaired) electrons. The summed E-state index contributed by atoms with van der Waals surface area (Å²) >= 11 is 0. The summed E-state index contributed by atoms with van der Waals surface area (Å²) in [7, 11) is 0. The zero-order chi connectivity index (χ0) is 21.2. The van der Waals surface area contributed by atoms with Crippen LogP contribution in [-0.4, -0.2) is 50.3 Å². The summed E-state index contributed by atoms with van der Waals surface area (Å²) in [6, 6.07) is 6.12. The number of carbonyl (C=O) groups excluding carboxylic acids is 2. The molecule has 0 heterocycles. The Hall–Kier alpha value is -2.00. The predicted octanol–water partition coefficient (Wildman–Crippen LogP) is 3.49. The highest BCUT2D eigenvalue weighted by Crippen LogP contribution is 2.22. The SMILES string of the molecule is CCOC(C)(OCC)OC(=O)c1ccccc1C(=O)OC(C)(OCC)OCC. The largest absolute Gasteiger partial charge is 0.404 e. The van der Waals surface area contributed by atoms with E-state index < -0.39 is 23.9 Å². The molecule has 0 aromatic heterocycles. The van der Waals surface area contributed by atoms with Gasteiger partial charge in [0.1, 0.15) is 0 Å². The van der Waals surface area contributed by atoms with Gasteiger partial charge in [0, 0.05) is 13.8 Å². The van der Waals surface area contributed by atoms with Crippen LogP contribution in [0.1, 0.15) is 62.3 Å². The van der Waals surface area contributed by atoms with Gasteiger partial charge in [-0.15, -0.1) is 0 Å². The van der Waals surface area contributed by atoms with Crippen LogP contribution in [0, 0.1) is 0 Å². The fourth-order valence-corrected chi connectivity index (χ4v) is 2.54. The highest BCUT2D eigenvalue weighted by atomic mass is 16.9. The Morgan fingerprint density at radius 3 is 1.21 bits per heavy atom. The number of esters is 2. The average molecular weight is 398 g/mol. The van der Waals surface area contributed by atoms with E-state index in [1.165, 1.54) is 26.0 Å². The average Bonchev–Trinajstić information content (AvgIpc) is 2.62. The first-order chi connectivity index (χ1) is 13.2. The zero-order valence-electron chi connectivity index (χ0n) is 17.4. The van der Waals surface area contributed by atoms with Crippen molar-refractivity contribution in [3.8, 4) is 0 Å². The van der Waals surface area contributed by atoms with Crippen molar-refractivity contribution >= 4 is 11.9 Å². The van der Waals surface area contributed by atoms with Gasteiger partial charge in [-0.05, 0) is 39.8 Å². The second-order valence-corrected chi connectivity index (χ2v) is 5.78. The van der Waals surface area contributed by atoms with Gasteiger partial charge in [0.2, 0.25) is 0 Å². The molecule has 158 valence electrons. The van der Waals surface area contributed by atoms with E-state index in [0.29, 0.717) is 0 Å². The minimum absolute atomic E-state index is 0.00785. The Morgan fingerprint density at radius 1 is 0.679 bits per heavy atom. The van der Waals surface area contributed by atoms with E-state index in [-0.39, 0.29) is 37.6 Å². The molecule has 28 heavy (non-hydrogen) atoms. The molecule has 0 aliphatic heterocycles. The van der Waals surface area contributed by atoms with E-state index in [0.717, 1.165) is 0 Å². The molecule has 0 amide bonds. The summed E-state index contributed by atoms with van der Waals surface area (Å²) in [6.45, 7) is 11.1. The highest BCUT2D eigenvalue weighted by Gasteiger charge is 2.35. The lowest BCUT2D eigenvalue weighted by Gasteiger charge is -2.29. The number of hydrogen-bond donors (Lipinski definition) is 0. The maximum absolute atomic E-state index is 12.7. The molecule has 1 rings (SSSR count). The lowest BCUT2D eigenvalue weighted by atomic mass is 10.1. The Kier molecular flexibility index (Phi) is 9.54. The lowest BCUT2D eigenvalue weighted by Crippen LogP contribution is -2.39. The third-order valence-electron chi connectivity index (χ3n) is 3.55. The van der Waals surface area contributed by atoms with Crippen molar-refractivity contribution in [1.82, 2.24) is 0 Å². The third-order valence-corrected chi connectivity index (χ3v) is 3.55. The maximum Gasteiger partial charge on any atom is 0.343 e. The maximum atomic E-state index is 12.7. The first-order valence-corrected chi connectivity index (χ1v) is 9.35.